The van der Waals surface area contributed by atoms with Crippen LogP contribution in [-0.2, 0) is 4.79 Å². The van der Waals surface area contributed by atoms with Crippen molar-refractivity contribution in [3.8, 4) is 0 Å². The van der Waals surface area contributed by atoms with Gasteiger partial charge in [0.15, 0.2) is 0 Å². The summed E-state index contributed by atoms with van der Waals surface area (Å²) < 4.78 is 0. The van der Waals surface area contributed by atoms with E-state index < -0.39 is 6.10 Å². The van der Waals surface area contributed by atoms with Crippen molar-refractivity contribution >= 4 is 11.7 Å². The number of carbonyl (C=O) groups excluding carboxylic acids is 1. The molecule has 0 saturated carbocycles. The molecule has 1 atom stereocenters. The van der Waals surface area contributed by atoms with Gasteiger partial charge in [-0.15, -0.1) is 0 Å². The third-order valence-electron chi connectivity index (χ3n) is 2.89. The largest absolute Gasteiger partial charge is 0.389 e. The number of hydrogen-bond acceptors (Lipinski definition) is 4. The Hall–Kier alpha value is -1.62. The lowest BCUT2D eigenvalue weighted by atomic mass is 10.1. The van der Waals surface area contributed by atoms with Gasteiger partial charge in [-0.05, 0) is 24.6 Å². The molecule has 1 unspecified atom stereocenters. The molecule has 5 heteroatoms. The fourth-order valence-electron chi connectivity index (χ4n) is 1.86. The van der Waals surface area contributed by atoms with Gasteiger partial charge in [-0.2, -0.15) is 0 Å². The van der Waals surface area contributed by atoms with Crippen molar-refractivity contribution in [3.05, 3.63) is 23.9 Å². The number of carbonyl (C=O) groups is 1. The minimum absolute atomic E-state index is 0.0826. The minimum atomic E-state index is -0.497. The number of amides is 1. The Kier molecular flexibility index (Phi) is 3.58. The topological polar surface area (TPSA) is 65.5 Å². The first-order valence-corrected chi connectivity index (χ1v) is 5.82. The Morgan fingerprint density at radius 1 is 1.53 bits per heavy atom. The number of aliphatic hydroxyl groups excluding tert-OH is 1. The quantitative estimate of drug-likeness (QED) is 0.781. The van der Waals surface area contributed by atoms with Crippen molar-refractivity contribution in [3.63, 3.8) is 0 Å². The molecule has 0 radical (unpaired) electrons. The van der Waals surface area contributed by atoms with E-state index in [9.17, 15) is 9.90 Å². The lowest BCUT2D eigenvalue weighted by Gasteiger charge is -2.21. The van der Waals surface area contributed by atoms with Gasteiger partial charge in [0, 0.05) is 32.3 Å². The summed E-state index contributed by atoms with van der Waals surface area (Å²) in [6, 6.07) is 3.68. The monoisotopic (exact) mass is 235 g/mol. The highest BCUT2D eigenvalue weighted by Gasteiger charge is 2.15. The highest BCUT2D eigenvalue weighted by Crippen LogP contribution is 2.18. The van der Waals surface area contributed by atoms with Crippen molar-refractivity contribution in [1.29, 1.82) is 0 Å². The fourth-order valence-corrected chi connectivity index (χ4v) is 1.86. The van der Waals surface area contributed by atoms with Gasteiger partial charge in [-0.1, -0.05) is 0 Å². The molecule has 17 heavy (non-hydrogen) atoms. The molecule has 1 amide bonds. The average molecular weight is 235 g/mol. The molecule has 2 rings (SSSR count). The van der Waals surface area contributed by atoms with E-state index in [1.165, 1.54) is 0 Å². The van der Waals surface area contributed by atoms with Crippen LogP contribution in [0.5, 0.6) is 0 Å². The molecule has 2 N–H and O–H groups in total. The van der Waals surface area contributed by atoms with E-state index >= 15 is 0 Å². The first-order chi connectivity index (χ1) is 8.16. The van der Waals surface area contributed by atoms with Gasteiger partial charge in [0.1, 0.15) is 5.82 Å². The molecule has 0 aliphatic carbocycles. The molecule has 1 aliphatic heterocycles. The number of pyridine rings is 1. The lowest BCUT2D eigenvalue weighted by molar-refractivity contribution is -0.120. The number of nitrogens with one attached hydrogen (secondary N) is 1. The standard InChI is InChI=1S/C12H17N3O2/c1-9(16)10-2-4-13-11(8-10)15-6-3-12(17)14-5-7-15/h2,4,8-9,16H,3,5-7H2,1H3,(H,14,17). The van der Waals surface area contributed by atoms with E-state index in [2.05, 4.69) is 15.2 Å². The van der Waals surface area contributed by atoms with Gasteiger partial charge >= 0.3 is 0 Å². The normalized spacial score (nSPS) is 18.5. The third-order valence-corrected chi connectivity index (χ3v) is 2.89. The van der Waals surface area contributed by atoms with Crippen LogP contribution in [0.3, 0.4) is 0 Å². The zero-order valence-corrected chi connectivity index (χ0v) is 9.89. The van der Waals surface area contributed by atoms with E-state index in [4.69, 9.17) is 0 Å². The maximum absolute atomic E-state index is 11.2. The predicted octanol–water partition coefficient (Wildman–Crippen LogP) is 0.461. The Balaban J connectivity index is 2.15. The molecule has 1 saturated heterocycles. The van der Waals surface area contributed by atoms with Crippen molar-refractivity contribution in [2.45, 2.75) is 19.4 Å². The van der Waals surface area contributed by atoms with E-state index in [0.29, 0.717) is 19.5 Å². The van der Waals surface area contributed by atoms with Crippen LogP contribution in [0.1, 0.15) is 25.0 Å². The summed E-state index contributed by atoms with van der Waals surface area (Å²) in [6.07, 6.45) is 1.68. The molecule has 0 bridgehead atoms. The Labute approximate surface area is 100 Å². The summed E-state index contributed by atoms with van der Waals surface area (Å²) in [6.45, 7) is 3.79. The summed E-state index contributed by atoms with van der Waals surface area (Å²) in [5.41, 5.74) is 0.846. The van der Waals surface area contributed by atoms with E-state index in [-0.39, 0.29) is 5.91 Å². The van der Waals surface area contributed by atoms with Crippen LogP contribution in [0.2, 0.25) is 0 Å². The molecular weight excluding hydrogens is 218 g/mol. The van der Waals surface area contributed by atoms with Crippen molar-refractivity contribution in [1.82, 2.24) is 10.3 Å². The molecule has 0 spiro atoms. The first-order valence-electron chi connectivity index (χ1n) is 5.82. The number of anilines is 1. The average Bonchev–Trinajstić information content (AvgIpc) is 2.54. The van der Waals surface area contributed by atoms with Crippen LogP contribution >= 0.6 is 0 Å². The number of nitrogens with zero attached hydrogens (tertiary/aromatic N) is 2. The smallest absolute Gasteiger partial charge is 0.221 e. The summed E-state index contributed by atoms with van der Waals surface area (Å²) in [5, 5.41) is 12.4. The van der Waals surface area contributed by atoms with E-state index in [1.54, 1.807) is 19.2 Å². The Morgan fingerprint density at radius 3 is 3.12 bits per heavy atom. The van der Waals surface area contributed by atoms with Crippen molar-refractivity contribution in [2.75, 3.05) is 24.5 Å². The van der Waals surface area contributed by atoms with Gasteiger partial charge in [0.25, 0.3) is 0 Å². The summed E-state index contributed by atoms with van der Waals surface area (Å²) in [7, 11) is 0. The number of aromatic nitrogens is 1. The van der Waals surface area contributed by atoms with Gasteiger partial charge in [0.05, 0.1) is 6.10 Å². The maximum Gasteiger partial charge on any atom is 0.221 e. The third kappa shape index (κ3) is 2.94. The lowest BCUT2D eigenvalue weighted by Crippen LogP contribution is -2.29. The minimum Gasteiger partial charge on any atom is -0.389 e. The summed E-state index contributed by atoms with van der Waals surface area (Å²) in [4.78, 5) is 17.6. The SMILES string of the molecule is CC(O)c1ccnc(N2CCNC(=O)CC2)c1. The molecule has 5 nitrogen and oxygen atoms in total. The molecule has 1 aliphatic rings. The van der Waals surface area contributed by atoms with Gasteiger partial charge < -0.3 is 15.3 Å². The van der Waals surface area contributed by atoms with Crippen LogP contribution in [0.4, 0.5) is 5.82 Å². The van der Waals surface area contributed by atoms with Gasteiger partial charge in [0.2, 0.25) is 5.91 Å². The number of aliphatic hydroxyl groups is 1. The Morgan fingerprint density at radius 2 is 2.35 bits per heavy atom. The molecule has 2 heterocycles. The van der Waals surface area contributed by atoms with Crippen LogP contribution in [0.25, 0.3) is 0 Å². The van der Waals surface area contributed by atoms with Gasteiger partial charge in [-0.3, -0.25) is 4.79 Å². The Bertz CT molecular complexity index is 406. The van der Waals surface area contributed by atoms with Crippen LogP contribution in [0.15, 0.2) is 18.3 Å². The zero-order chi connectivity index (χ0) is 12.3. The zero-order valence-electron chi connectivity index (χ0n) is 9.89. The second-order valence-electron chi connectivity index (χ2n) is 4.21. The second-order valence-corrected chi connectivity index (χ2v) is 4.21. The maximum atomic E-state index is 11.2. The molecule has 0 aromatic carbocycles. The van der Waals surface area contributed by atoms with E-state index in [0.717, 1.165) is 17.9 Å². The number of hydrogen-bond donors (Lipinski definition) is 2. The molecule has 1 aromatic heterocycles. The summed E-state index contributed by atoms with van der Waals surface area (Å²) in [5.74, 6) is 0.902. The molecular formula is C12H17N3O2. The van der Waals surface area contributed by atoms with Crippen molar-refractivity contribution < 1.29 is 9.90 Å². The van der Waals surface area contributed by atoms with E-state index in [1.807, 2.05) is 6.07 Å². The molecule has 1 fully saturated rings. The van der Waals surface area contributed by atoms with Crippen molar-refractivity contribution in [2.24, 2.45) is 0 Å². The fraction of sp³-hybridized carbons (Fsp3) is 0.500. The highest BCUT2D eigenvalue weighted by atomic mass is 16.3. The summed E-state index contributed by atoms with van der Waals surface area (Å²) >= 11 is 0. The van der Waals surface area contributed by atoms with Crippen LogP contribution < -0.4 is 10.2 Å². The molecule has 92 valence electrons. The van der Waals surface area contributed by atoms with Gasteiger partial charge in [-0.25, -0.2) is 4.98 Å². The highest BCUT2D eigenvalue weighted by molar-refractivity contribution is 5.77. The number of rotatable bonds is 2. The van der Waals surface area contributed by atoms with Crippen LogP contribution in [0, 0.1) is 0 Å². The van der Waals surface area contributed by atoms with Crippen LogP contribution in [-0.4, -0.2) is 35.6 Å². The molecule has 1 aromatic rings. The second kappa shape index (κ2) is 5.14. The predicted molar refractivity (Wildman–Crippen MR) is 64.7 cm³/mol. The first kappa shape index (κ1) is 11.9.